The maximum Gasteiger partial charge on any atom is 0.264 e. The number of amides is 1. The van der Waals surface area contributed by atoms with Crippen LogP contribution in [0, 0.1) is 5.92 Å². The van der Waals surface area contributed by atoms with E-state index in [0.29, 0.717) is 5.92 Å². The first-order valence-corrected chi connectivity index (χ1v) is 8.30. The Hall–Kier alpha value is -1.65. The number of nitrogens with two attached hydrogens (primary N) is 1. The Labute approximate surface area is 129 Å². The molecule has 2 N–H and O–H groups in total. The van der Waals surface area contributed by atoms with Gasteiger partial charge in [-0.25, -0.2) is 0 Å². The van der Waals surface area contributed by atoms with Crippen LogP contribution < -0.4 is 5.73 Å². The van der Waals surface area contributed by atoms with Crippen LogP contribution in [-0.4, -0.2) is 30.4 Å². The van der Waals surface area contributed by atoms with Crippen LogP contribution in [0.5, 0.6) is 0 Å². The molecule has 1 aliphatic rings. The summed E-state index contributed by atoms with van der Waals surface area (Å²) in [6.45, 7) is 2.38. The van der Waals surface area contributed by atoms with Gasteiger partial charge in [-0.2, -0.15) is 0 Å². The van der Waals surface area contributed by atoms with E-state index >= 15 is 0 Å². The van der Waals surface area contributed by atoms with Crippen LogP contribution in [0.2, 0.25) is 0 Å². The van der Waals surface area contributed by atoms with Crippen molar-refractivity contribution in [2.75, 3.05) is 19.6 Å². The number of rotatable bonds is 3. The van der Waals surface area contributed by atoms with Gasteiger partial charge in [0.05, 0.1) is 4.88 Å². The summed E-state index contributed by atoms with van der Waals surface area (Å²) in [5.41, 5.74) is 7.88. The summed E-state index contributed by atoms with van der Waals surface area (Å²) in [5.74, 6) is 0.741. The maximum atomic E-state index is 12.8. The average Bonchev–Trinajstić information content (AvgIpc) is 3.04. The summed E-state index contributed by atoms with van der Waals surface area (Å²) in [7, 11) is 0. The van der Waals surface area contributed by atoms with E-state index in [-0.39, 0.29) is 5.91 Å². The topological polar surface area (TPSA) is 46.3 Å². The fourth-order valence-electron chi connectivity index (χ4n) is 2.84. The first-order chi connectivity index (χ1) is 10.3. The maximum absolute atomic E-state index is 12.8. The highest BCUT2D eigenvalue weighted by atomic mass is 32.1. The third kappa shape index (κ3) is 3.01. The van der Waals surface area contributed by atoms with Crippen LogP contribution in [0.3, 0.4) is 0 Å². The van der Waals surface area contributed by atoms with Crippen LogP contribution in [-0.2, 0) is 0 Å². The fraction of sp³-hybridized carbons (Fsp3) is 0.353. The third-order valence-corrected chi connectivity index (χ3v) is 5.08. The molecule has 0 bridgehead atoms. The highest BCUT2D eigenvalue weighted by Crippen LogP contribution is 2.30. The van der Waals surface area contributed by atoms with Crippen LogP contribution in [0.4, 0.5) is 0 Å². The van der Waals surface area contributed by atoms with Gasteiger partial charge in [-0.3, -0.25) is 4.79 Å². The van der Waals surface area contributed by atoms with Gasteiger partial charge in [-0.15, -0.1) is 11.3 Å². The minimum Gasteiger partial charge on any atom is -0.338 e. The van der Waals surface area contributed by atoms with E-state index < -0.39 is 0 Å². The zero-order valence-electron chi connectivity index (χ0n) is 12.0. The van der Waals surface area contributed by atoms with Crippen LogP contribution >= 0.6 is 11.3 Å². The molecule has 0 atom stereocenters. The van der Waals surface area contributed by atoms with E-state index in [4.69, 9.17) is 5.73 Å². The Bertz CT molecular complexity index is 600. The summed E-state index contributed by atoms with van der Waals surface area (Å²) in [5, 5.41) is 2.00. The smallest absolute Gasteiger partial charge is 0.264 e. The Morgan fingerprint density at radius 3 is 2.57 bits per heavy atom. The number of carbonyl (C=O) groups excluding carboxylic acids is 1. The second-order valence-corrected chi connectivity index (χ2v) is 6.42. The van der Waals surface area contributed by atoms with Gasteiger partial charge in [-0.1, -0.05) is 30.3 Å². The summed E-state index contributed by atoms with van der Waals surface area (Å²) in [4.78, 5) is 15.6. The van der Waals surface area contributed by atoms with Gasteiger partial charge in [-0.05, 0) is 42.3 Å². The van der Waals surface area contributed by atoms with Crippen LogP contribution in [0.1, 0.15) is 22.5 Å². The predicted molar refractivity (Wildman–Crippen MR) is 87.4 cm³/mol. The monoisotopic (exact) mass is 300 g/mol. The number of hydrogen-bond acceptors (Lipinski definition) is 3. The van der Waals surface area contributed by atoms with Gasteiger partial charge in [0.2, 0.25) is 0 Å². The van der Waals surface area contributed by atoms with E-state index in [9.17, 15) is 4.79 Å². The van der Waals surface area contributed by atoms with Gasteiger partial charge in [0.1, 0.15) is 0 Å². The van der Waals surface area contributed by atoms with Gasteiger partial charge in [0.25, 0.3) is 5.91 Å². The van der Waals surface area contributed by atoms with Crippen molar-refractivity contribution in [2.45, 2.75) is 12.8 Å². The second kappa shape index (κ2) is 6.41. The molecule has 21 heavy (non-hydrogen) atoms. The molecule has 2 heterocycles. The number of piperidine rings is 1. The van der Waals surface area contributed by atoms with Gasteiger partial charge >= 0.3 is 0 Å². The van der Waals surface area contributed by atoms with Crippen molar-refractivity contribution in [3.8, 4) is 11.1 Å². The van der Waals surface area contributed by atoms with Gasteiger partial charge < -0.3 is 10.6 Å². The number of nitrogens with zero attached hydrogens (tertiary/aromatic N) is 1. The largest absolute Gasteiger partial charge is 0.338 e. The van der Waals surface area contributed by atoms with Crippen molar-refractivity contribution in [3.05, 3.63) is 46.7 Å². The van der Waals surface area contributed by atoms with E-state index in [1.807, 2.05) is 34.5 Å². The van der Waals surface area contributed by atoms with Crippen molar-refractivity contribution in [1.82, 2.24) is 4.90 Å². The molecule has 110 valence electrons. The summed E-state index contributed by atoms with van der Waals surface area (Å²) < 4.78 is 0. The summed E-state index contributed by atoms with van der Waals surface area (Å²) >= 11 is 1.54. The SMILES string of the molecule is NCC1CCN(C(=O)c2sccc2-c2ccccc2)CC1. The van der Waals surface area contributed by atoms with Crippen molar-refractivity contribution in [2.24, 2.45) is 11.7 Å². The second-order valence-electron chi connectivity index (χ2n) is 5.50. The Morgan fingerprint density at radius 1 is 1.19 bits per heavy atom. The van der Waals surface area contributed by atoms with Crippen LogP contribution in [0.15, 0.2) is 41.8 Å². The normalized spacial score (nSPS) is 16.1. The van der Waals surface area contributed by atoms with Crippen LogP contribution in [0.25, 0.3) is 11.1 Å². The zero-order valence-corrected chi connectivity index (χ0v) is 12.8. The number of benzene rings is 1. The molecule has 1 saturated heterocycles. The van der Waals surface area contributed by atoms with Gasteiger partial charge in [0, 0.05) is 18.7 Å². The number of thiophene rings is 1. The minimum atomic E-state index is 0.166. The van der Waals surface area contributed by atoms with E-state index in [0.717, 1.165) is 48.5 Å². The first-order valence-electron chi connectivity index (χ1n) is 7.42. The van der Waals surface area contributed by atoms with Crippen molar-refractivity contribution >= 4 is 17.2 Å². The van der Waals surface area contributed by atoms with E-state index in [2.05, 4.69) is 12.1 Å². The highest BCUT2D eigenvalue weighted by Gasteiger charge is 2.25. The lowest BCUT2D eigenvalue weighted by molar-refractivity contribution is 0.0699. The molecule has 3 nitrogen and oxygen atoms in total. The van der Waals surface area contributed by atoms with Crippen molar-refractivity contribution in [1.29, 1.82) is 0 Å². The van der Waals surface area contributed by atoms with Gasteiger partial charge in [0.15, 0.2) is 0 Å². The van der Waals surface area contributed by atoms with Crippen molar-refractivity contribution < 1.29 is 4.79 Å². The lowest BCUT2D eigenvalue weighted by atomic mass is 9.97. The summed E-state index contributed by atoms with van der Waals surface area (Å²) in [6, 6.07) is 12.2. The molecule has 0 unspecified atom stereocenters. The van der Waals surface area contributed by atoms with Crippen molar-refractivity contribution in [3.63, 3.8) is 0 Å². The Morgan fingerprint density at radius 2 is 1.90 bits per heavy atom. The summed E-state index contributed by atoms with van der Waals surface area (Å²) in [6.07, 6.45) is 2.04. The minimum absolute atomic E-state index is 0.166. The molecule has 1 fully saturated rings. The fourth-order valence-corrected chi connectivity index (χ4v) is 3.72. The standard InChI is InChI=1S/C17H20N2OS/c18-12-13-6-9-19(10-7-13)17(20)16-15(8-11-21-16)14-4-2-1-3-5-14/h1-5,8,11,13H,6-7,9-10,12,18H2. The van der Waals surface area contributed by atoms with E-state index in [1.54, 1.807) is 0 Å². The Kier molecular flexibility index (Phi) is 4.36. The number of likely N-dealkylation sites (tertiary alicyclic amines) is 1. The molecule has 1 aromatic carbocycles. The highest BCUT2D eigenvalue weighted by molar-refractivity contribution is 7.12. The number of carbonyl (C=O) groups is 1. The zero-order chi connectivity index (χ0) is 14.7. The quantitative estimate of drug-likeness (QED) is 0.946. The molecule has 0 radical (unpaired) electrons. The molecule has 1 aromatic heterocycles. The lowest BCUT2D eigenvalue weighted by Gasteiger charge is -2.31. The molecule has 0 saturated carbocycles. The molecule has 3 rings (SSSR count). The molecule has 0 aliphatic carbocycles. The molecule has 0 spiro atoms. The predicted octanol–water partition coefficient (Wildman–Crippen LogP) is 3.23. The molecule has 2 aromatic rings. The lowest BCUT2D eigenvalue weighted by Crippen LogP contribution is -2.39. The average molecular weight is 300 g/mol. The number of hydrogen-bond donors (Lipinski definition) is 1. The first kappa shape index (κ1) is 14.3. The molecular weight excluding hydrogens is 280 g/mol. The Balaban J connectivity index is 1.79. The molecule has 4 heteroatoms. The third-order valence-electron chi connectivity index (χ3n) is 4.18. The van der Waals surface area contributed by atoms with E-state index in [1.165, 1.54) is 11.3 Å². The molecular formula is C17H20N2OS. The molecule has 1 amide bonds. The molecule has 1 aliphatic heterocycles.